The minimum atomic E-state index is 0.622. The molecular weight excluding hydrogens is 198 g/mol. The predicted octanol–water partition coefficient (Wildman–Crippen LogP) is 2.48. The third-order valence-corrected chi connectivity index (χ3v) is 3.86. The molecule has 90 valence electrons. The number of imidazole rings is 1. The van der Waals surface area contributed by atoms with E-state index in [4.69, 9.17) is 0 Å². The van der Waals surface area contributed by atoms with Gasteiger partial charge >= 0.3 is 0 Å². The first-order chi connectivity index (χ1) is 7.77. The molecule has 0 spiro atoms. The van der Waals surface area contributed by atoms with Crippen molar-refractivity contribution in [3.63, 3.8) is 0 Å². The molecule has 0 aromatic carbocycles. The van der Waals surface area contributed by atoms with E-state index in [0.717, 1.165) is 18.3 Å². The predicted molar refractivity (Wildman–Crippen MR) is 66.1 cm³/mol. The van der Waals surface area contributed by atoms with Gasteiger partial charge in [-0.15, -0.1) is 0 Å². The van der Waals surface area contributed by atoms with Gasteiger partial charge in [0, 0.05) is 25.5 Å². The molecule has 1 saturated carbocycles. The van der Waals surface area contributed by atoms with E-state index >= 15 is 0 Å². The lowest BCUT2D eigenvalue weighted by molar-refractivity contribution is 0.279. The van der Waals surface area contributed by atoms with Gasteiger partial charge in [0.25, 0.3) is 0 Å². The monoisotopic (exact) mass is 221 g/mol. The van der Waals surface area contributed by atoms with Crippen LogP contribution >= 0.6 is 0 Å². The van der Waals surface area contributed by atoms with Gasteiger partial charge in [0.1, 0.15) is 5.82 Å². The summed E-state index contributed by atoms with van der Waals surface area (Å²) in [5, 5.41) is 3.61. The minimum absolute atomic E-state index is 0.622. The molecule has 1 unspecified atom stereocenters. The largest absolute Gasteiger partial charge is 0.337 e. The SMILES string of the molecule is CC(NCc1nccn1C)C1CCCCC1. The third-order valence-electron chi connectivity index (χ3n) is 3.86. The maximum Gasteiger partial charge on any atom is 0.122 e. The van der Waals surface area contributed by atoms with Crippen molar-refractivity contribution < 1.29 is 0 Å². The molecular formula is C13H23N3. The normalized spacial score (nSPS) is 19.9. The van der Waals surface area contributed by atoms with Gasteiger partial charge in [0.15, 0.2) is 0 Å². The van der Waals surface area contributed by atoms with Crippen molar-refractivity contribution in [2.75, 3.05) is 0 Å². The summed E-state index contributed by atoms with van der Waals surface area (Å²) >= 11 is 0. The Kier molecular flexibility index (Phi) is 3.99. The van der Waals surface area contributed by atoms with Crippen molar-refractivity contribution in [3.05, 3.63) is 18.2 Å². The second-order valence-electron chi connectivity index (χ2n) is 5.02. The van der Waals surface area contributed by atoms with Crippen molar-refractivity contribution in [2.45, 2.75) is 51.6 Å². The number of aromatic nitrogens is 2. The Hall–Kier alpha value is -0.830. The molecule has 1 fully saturated rings. The lowest BCUT2D eigenvalue weighted by Gasteiger charge is -2.28. The van der Waals surface area contributed by atoms with Gasteiger partial charge < -0.3 is 9.88 Å². The average Bonchev–Trinajstić information content (AvgIpc) is 2.73. The Morgan fingerprint density at radius 3 is 2.81 bits per heavy atom. The molecule has 1 aromatic rings. The van der Waals surface area contributed by atoms with Crippen LogP contribution in [-0.4, -0.2) is 15.6 Å². The van der Waals surface area contributed by atoms with Crippen molar-refractivity contribution >= 4 is 0 Å². The van der Waals surface area contributed by atoms with Crippen LogP contribution in [0.3, 0.4) is 0 Å². The molecule has 0 radical (unpaired) electrons. The van der Waals surface area contributed by atoms with Crippen LogP contribution < -0.4 is 5.32 Å². The maximum atomic E-state index is 4.33. The topological polar surface area (TPSA) is 29.9 Å². The summed E-state index contributed by atoms with van der Waals surface area (Å²) in [4.78, 5) is 4.33. The fourth-order valence-corrected chi connectivity index (χ4v) is 2.62. The van der Waals surface area contributed by atoms with E-state index in [9.17, 15) is 0 Å². The molecule has 16 heavy (non-hydrogen) atoms. The molecule has 0 bridgehead atoms. The van der Waals surface area contributed by atoms with E-state index < -0.39 is 0 Å². The summed E-state index contributed by atoms with van der Waals surface area (Å²) in [7, 11) is 2.05. The van der Waals surface area contributed by atoms with E-state index in [2.05, 4.69) is 28.8 Å². The number of hydrogen-bond donors (Lipinski definition) is 1. The standard InChI is InChI=1S/C13H23N3/c1-11(12-6-4-3-5-7-12)15-10-13-14-8-9-16(13)2/h8-9,11-12,15H,3-7,10H2,1-2H3. The van der Waals surface area contributed by atoms with Crippen molar-refractivity contribution in [1.29, 1.82) is 0 Å². The molecule has 1 aromatic heterocycles. The highest BCUT2D eigenvalue weighted by atomic mass is 15.1. The van der Waals surface area contributed by atoms with Crippen LogP contribution in [0.15, 0.2) is 12.4 Å². The van der Waals surface area contributed by atoms with Crippen LogP contribution in [0.4, 0.5) is 0 Å². The van der Waals surface area contributed by atoms with Crippen LogP contribution in [0.25, 0.3) is 0 Å². The quantitative estimate of drug-likeness (QED) is 0.846. The summed E-state index contributed by atoms with van der Waals surface area (Å²) in [5.41, 5.74) is 0. The van der Waals surface area contributed by atoms with Crippen LogP contribution in [-0.2, 0) is 13.6 Å². The van der Waals surface area contributed by atoms with Crippen molar-refractivity contribution in [1.82, 2.24) is 14.9 Å². The molecule has 3 heteroatoms. The first-order valence-corrected chi connectivity index (χ1v) is 6.47. The van der Waals surface area contributed by atoms with Gasteiger partial charge in [-0.3, -0.25) is 0 Å². The van der Waals surface area contributed by atoms with Gasteiger partial charge in [-0.05, 0) is 25.7 Å². The van der Waals surface area contributed by atoms with Gasteiger partial charge in [-0.2, -0.15) is 0 Å². The Balaban J connectivity index is 1.78. The highest BCUT2D eigenvalue weighted by molar-refractivity contribution is 4.91. The minimum Gasteiger partial charge on any atom is -0.337 e. The highest BCUT2D eigenvalue weighted by Crippen LogP contribution is 2.26. The Labute approximate surface area is 98.3 Å². The Morgan fingerprint density at radius 1 is 1.44 bits per heavy atom. The van der Waals surface area contributed by atoms with Gasteiger partial charge in [0.2, 0.25) is 0 Å². The molecule has 0 saturated heterocycles. The summed E-state index contributed by atoms with van der Waals surface area (Å²) < 4.78 is 2.08. The summed E-state index contributed by atoms with van der Waals surface area (Å²) in [6.45, 7) is 3.21. The fourth-order valence-electron chi connectivity index (χ4n) is 2.62. The van der Waals surface area contributed by atoms with E-state index in [1.165, 1.54) is 32.1 Å². The molecule has 2 rings (SSSR count). The molecule has 3 nitrogen and oxygen atoms in total. The van der Waals surface area contributed by atoms with Crippen LogP contribution in [0.5, 0.6) is 0 Å². The second-order valence-corrected chi connectivity index (χ2v) is 5.02. The lowest BCUT2D eigenvalue weighted by atomic mass is 9.84. The molecule has 1 atom stereocenters. The number of nitrogens with one attached hydrogen (secondary N) is 1. The molecule has 1 aliphatic carbocycles. The first-order valence-electron chi connectivity index (χ1n) is 6.47. The van der Waals surface area contributed by atoms with Crippen molar-refractivity contribution in [3.8, 4) is 0 Å². The average molecular weight is 221 g/mol. The third kappa shape index (κ3) is 2.85. The van der Waals surface area contributed by atoms with Crippen LogP contribution in [0, 0.1) is 5.92 Å². The van der Waals surface area contributed by atoms with Crippen LogP contribution in [0.2, 0.25) is 0 Å². The summed E-state index contributed by atoms with van der Waals surface area (Å²) in [5.74, 6) is 2.00. The fraction of sp³-hybridized carbons (Fsp3) is 0.769. The summed E-state index contributed by atoms with van der Waals surface area (Å²) in [6, 6.07) is 0.622. The zero-order valence-corrected chi connectivity index (χ0v) is 10.4. The van der Waals surface area contributed by atoms with E-state index in [0.29, 0.717) is 6.04 Å². The second kappa shape index (κ2) is 5.48. The zero-order valence-electron chi connectivity index (χ0n) is 10.4. The maximum absolute atomic E-state index is 4.33. The Bertz CT molecular complexity index is 313. The van der Waals surface area contributed by atoms with Gasteiger partial charge in [-0.1, -0.05) is 19.3 Å². The molecule has 0 aliphatic heterocycles. The summed E-state index contributed by atoms with van der Waals surface area (Å²) in [6.07, 6.45) is 10.9. The molecule has 0 amide bonds. The van der Waals surface area contributed by atoms with Crippen molar-refractivity contribution in [2.24, 2.45) is 13.0 Å². The first kappa shape index (κ1) is 11.6. The van der Waals surface area contributed by atoms with E-state index in [1.807, 2.05) is 12.4 Å². The van der Waals surface area contributed by atoms with E-state index in [-0.39, 0.29) is 0 Å². The number of rotatable bonds is 4. The zero-order chi connectivity index (χ0) is 11.4. The van der Waals surface area contributed by atoms with Gasteiger partial charge in [0.05, 0.1) is 6.54 Å². The Morgan fingerprint density at radius 2 is 2.19 bits per heavy atom. The molecule has 1 heterocycles. The highest BCUT2D eigenvalue weighted by Gasteiger charge is 2.19. The lowest BCUT2D eigenvalue weighted by Crippen LogP contribution is -2.34. The number of aryl methyl sites for hydroxylation is 1. The number of nitrogens with zero attached hydrogens (tertiary/aromatic N) is 2. The smallest absolute Gasteiger partial charge is 0.122 e. The van der Waals surface area contributed by atoms with Gasteiger partial charge in [-0.25, -0.2) is 4.98 Å². The van der Waals surface area contributed by atoms with Crippen LogP contribution in [0.1, 0.15) is 44.9 Å². The molecule has 1 N–H and O–H groups in total. The molecule has 1 aliphatic rings. The number of hydrogen-bond acceptors (Lipinski definition) is 2. The van der Waals surface area contributed by atoms with E-state index in [1.54, 1.807) is 0 Å².